The number of rotatable bonds is 7. The van der Waals surface area contributed by atoms with Gasteiger partial charge in [-0.15, -0.1) is 0 Å². The molecule has 0 spiro atoms. The zero-order chi connectivity index (χ0) is 21.7. The molecule has 0 bridgehead atoms. The van der Waals surface area contributed by atoms with E-state index in [0.717, 1.165) is 11.8 Å². The third kappa shape index (κ3) is 5.52. The minimum Gasteiger partial charge on any atom is -0.545 e. The Morgan fingerprint density at radius 3 is 2.63 bits per heavy atom. The van der Waals surface area contributed by atoms with E-state index in [4.69, 9.17) is 12.2 Å². The molecule has 2 aromatic rings. The first-order valence-corrected chi connectivity index (χ1v) is 10.2. The van der Waals surface area contributed by atoms with Crippen molar-refractivity contribution >= 4 is 57.8 Å². The minimum absolute atomic E-state index is 0.0293. The number of amides is 2. The number of carboxylic acid groups (broad SMARTS) is 1. The van der Waals surface area contributed by atoms with E-state index in [1.54, 1.807) is 24.3 Å². The average Bonchev–Trinajstić information content (AvgIpc) is 2.97. The highest BCUT2D eigenvalue weighted by Crippen LogP contribution is 2.32. The highest BCUT2D eigenvalue weighted by molar-refractivity contribution is 8.26. The summed E-state index contributed by atoms with van der Waals surface area (Å²) < 4.78 is 13.4. The molecule has 3 rings (SSSR count). The molecule has 1 fully saturated rings. The van der Waals surface area contributed by atoms with Crippen molar-refractivity contribution in [3.63, 3.8) is 0 Å². The molecule has 154 valence electrons. The van der Waals surface area contributed by atoms with Crippen LogP contribution in [0.4, 0.5) is 10.1 Å². The maximum absolute atomic E-state index is 13.0. The van der Waals surface area contributed by atoms with E-state index in [1.807, 2.05) is 0 Å². The van der Waals surface area contributed by atoms with Crippen molar-refractivity contribution in [2.45, 2.75) is 12.8 Å². The number of nitrogens with one attached hydrogen (secondary N) is 1. The lowest BCUT2D eigenvalue weighted by molar-refractivity contribution is -0.255. The first-order chi connectivity index (χ1) is 14.3. The summed E-state index contributed by atoms with van der Waals surface area (Å²) in [5.74, 6) is -2.24. The fraction of sp³-hybridized carbons (Fsp3) is 0.143. The number of carbonyl (C=O) groups excluding carboxylic acids is 3. The molecule has 2 aromatic carbocycles. The Kier molecular flexibility index (Phi) is 6.96. The van der Waals surface area contributed by atoms with Crippen LogP contribution in [0, 0.1) is 5.82 Å². The quantitative estimate of drug-likeness (QED) is 0.523. The number of nitrogens with zero attached hydrogens (tertiary/aromatic N) is 1. The first kappa shape index (κ1) is 21.7. The molecule has 6 nitrogen and oxygen atoms in total. The standard InChI is InChI=1S/C21H17FN2O4S2/c22-15-8-6-13(7-9-15)11-17-19(26)24(21(29)30-17)10-2-5-18(25)23-16-4-1-3-14(12-16)20(27)28/h1,3-4,6-9,11-12H,2,5,10H2,(H,23,25)(H,27,28)/p-1. The second-order valence-corrected chi connectivity index (χ2v) is 8.08. The van der Waals surface area contributed by atoms with Crippen LogP contribution in [0.2, 0.25) is 0 Å². The fourth-order valence-electron chi connectivity index (χ4n) is 2.75. The van der Waals surface area contributed by atoms with E-state index >= 15 is 0 Å². The van der Waals surface area contributed by atoms with Crippen LogP contribution in [0.3, 0.4) is 0 Å². The number of anilines is 1. The Bertz CT molecular complexity index is 1040. The van der Waals surface area contributed by atoms with Crippen LogP contribution >= 0.6 is 24.0 Å². The van der Waals surface area contributed by atoms with Gasteiger partial charge in [-0.3, -0.25) is 14.5 Å². The van der Waals surface area contributed by atoms with Gasteiger partial charge in [-0.05, 0) is 47.9 Å². The van der Waals surface area contributed by atoms with Crippen molar-refractivity contribution in [1.29, 1.82) is 0 Å². The Labute approximate surface area is 181 Å². The van der Waals surface area contributed by atoms with Crippen LogP contribution < -0.4 is 10.4 Å². The van der Waals surface area contributed by atoms with Crippen LogP contribution in [0.1, 0.15) is 28.8 Å². The second kappa shape index (κ2) is 9.64. The van der Waals surface area contributed by atoms with Crippen LogP contribution in [-0.4, -0.2) is 33.5 Å². The highest BCUT2D eigenvalue weighted by Gasteiger charge is 2.31. The van der Waals surface area contributed by atoms with Gasteiger partial charge in [0.25, 0.3) is 5.91 Å². The molecule has 1 N–H and O–H groups in total. The lowest BCUT2D eigenvalue weighted by Crippen LogP contribution is -2.29. The summed E-state index contributed by atoms with van der Waals surface area (Å²) in [6.07, 6.45) is 2.15. The summed E-state index contributed by atoms with van der Waals surface area (Å²) in [4.78, 5) is 37.4. The molecular weight excluding hydrogens is 427 g/mol. The molecule has 0 aliphatic carbocycles. The Hall–Kier alpha value is -3.04. The zero-order valence-electron chi connectivity index (χ0n) is 15.6. The molecule has 0 unspecified atom stereocenters. The normalized spacial score (nSPS) is 15.0. The number of thioether (sulfide) groups is 1. The van der Waals surface area contributed by atoms with E-state index in [9.17, 15) is 23.9 Å². The van der Waals surface area contributed by atoms with E-state index in [2.05, 4.69) is 5.32 Å². The van der Waals surface area contributed by atoms with Gasteiger partial charge in [-0.1, -0.05) is 48.2 Å². The smallest absolute Gasteiger partial charge is 0.266 e. The van der Waals surface area contributed by atoms with Gasteiger partial charge in [0.2, 0.25) is 5.91 Å². The molecule has 0 radical (unpaired) electrons. The van der Waals surface area contributed by atoms with Crippen molar-refractivity contribution in [1.82, 2.24) is 4.90 Å². The van der Waals surface area contributed by atoms with Gasteiger partial charge in [0.05, 0.1) is 10.9 Å². The number of thiocarbonyl (C=S) groups is 1. The van der Waals surface area contributed by atoms with Crippen molar-refractivity contribution in [2.24, 2.45) is 0 Å². The van der Waals surface area contributed by atoms with E-state index in [-0.39, 0.29) is 36.2 Å². The summed E-state index contributed by atoms with van der Waals surface area (Å²) in [5.41, 5.74) is 1.02. The van der Waals surface area contributed by atoms with Crippen LogP contribution in [-0.2, 0) is 9.59 Å². The maximum Gasteiger partial charge on any atom is 0.266 e. The summed E-state index contributed by atoms with van der Waals surface area (Å²) in [5, 5.41) is 13.5. The number of carbonyl (C=O) groups is 3. The van der Waals surface area contributed by atoms with Gasteiger partial charge < -0.3 is 15.2 Å². The van der Waals surface area contributed by atoms with E-state index < -0.39 is 5.97 Å². The largest absolute Gasteiger partial charge is 0.545 e. The van der Waals surface area contributed by atoms with Gasteiger partial charge in [0, 0.05) is 18.7 Å². The average molecular weight is 444 g/mol. The SMILES string of the molecule is O=C(CCCN1C(=O)C(=Cc2ccc(F)cc2)SC1=S)Nc1cccc(C(=O)[O-])c1. The predicted octanol–water partition coefficient (Wildman–Crippen LogP) is 2.81. The van der Waals surface area contributed by atoms with Gasteiger partial charge in [-0.2, -0.15) is 0 Å². The number of aromatic carboxylic acids is 1. The second-order valence-electron chi connectivity index (χ2n) is 6.40. The third-order valence-corrected chi connectivity index (χ3v) is 5.59. The Balaban J connectivity index is 1.53. The Morgan fingerprint density at radius 2 is 1.93 bits per heavy atom. The van der Waals surface area contributed by atoms with Gasteiger partial charge in [0.1, 0.15) is 10.1 Å². The van der Waals surface area contributed by atoms with E-state index in [1.165, 1.54) is 35.2 Å². The number of carboxylic acids is 1. The van der Waals surface area contributed by atoms with Crippen LogP contribution in [0.25, 0.3) is 6.08 Å². The van der Waals surface area contributed by atoms with Crippen molar-refractivity contribution in [3.8, 4) is 0 Å². The summed E-state index contributed by atoms with van der Waals surface area (Å²) in [6, 6.07) is 11.5. The van der Waals surface area contributed by atoms with Crippen LogP contribution in [0.15, 0.2) is 53.4 Å². The monoisotopic (exact) mass is 443 g/mol. The molecule has 1 heterocycles. The molecule has 1 aliphatic rings. The molecule has 2 amide bonds. The molecule has 0 saturated carbocycles. The summed E-state index contributed by atoms with van der Waals surface area (Å²) >= 11 is 6.42. The fourth-order valence-corrected chi connectivity index (χ4v) is 4.06. The first-order valence-electron chi connectivity index (χ1n) is 8.95. The zero-order valence-corrected chi connectivity index (χ0v) is 17.2. The summed E-state index contributed by atoms with van der Waals surface area (Å²) in [7, 11) is 0. The molecule has 1 aliphatic heterocycles. The summed E-state index contributed by atoms with van der Waals surface area (Å²) in [6.45, 7) is 0.276. The van der Waals surface area contributed by atoms with Crippen molar-refractivity contribution < 1.29 is 23.9 Å². The lowest BCUT2D eigenvalue weighted by Gasteiger charge is -2.14. The van der Waals surface area contributed by atoms with E-state index in [0.29, 0.717) is 26.9 Å². The number of halogens is 1. The molecular formula is C21H16FN2O4S2-. The molecule has 30 heavy (non-hydrogen) atoms. The maximum atomic E-state index is 13.0. The molecule has 0 aromatic heterocycles. The van der Waals surface area contributed by atoms with Gasteiger partial charge in [-0.25, -0.2) is 4.39 Å². The number of benzene rings is 2. The van der Waals surface area contributed by atoms with Gasteiger partial charge >= 0.3 is 0 Å². The van der Waals surface area contributed by atoms with Crippen LogP contribution in [0.5, 0.6) is 0 Å². The molecule has 0 atom stereocenters. The minimum atomic E-state index is -1.32. The molecule has 9 heteroatoms. The third-order valence-electron chi connectivity index (χ3n) is 4.21. The number of hydrogen-bond acceptors (Lipinski definition) is 6. The Morgan fingerprint density at radius 1 is 1.20 bits per heavy atom. The highest BCUT2D eigenvalue weighted by atomic mass is 32.2. The van der Waals surface area contributed by atoms with Crippen molar-refractivity contribution in [3.05, 3.63) is 70.4 Å². The predicted molar refractivity (Wildman–Crippen MR) is 115 cm³/mol. The van der Waals surface area contributed by atoms with Gasteiger partial charge in [0.15, 0.2) is 0 Å². The number of hydrogen-bond donors (Lipinski definition) is 1. The molecule has 1 saturated heterocycles. The van der Waals surface area contributed by atoms with Crippen molar-refractivity contribution in [2.75, 3.05) is 11.9 Å². The lowest BCUT2D eigenvalue weighted by atomic mass is 10.2. The topological polar surface area (TPSA) is 89.5 Å².